The minimum atomic E-state index is -0.586. The maximum absolute atomic E-state index is 12.8. The lowest BCUT2D eigenvalue weighted by molar-refractivity contribution is -0.125. The molecule has 0 aliphatic heterocycles. The number of esters is 1. The van der Waals surface area contributed by atoms with Crippen molar-refractivity contribution < 1.29 is 14.3 Å². The van der Waals surface area contributed by atoms with Crippen molar-refractivity contribution in [1.29, 1.82) is 0 Å². The van der Waals surface area contributed by atoms with Gasteiger partial charge in [0.15, 0.2) is 6.61 Å². The molecule has 0 fully saturated rings. The van der Waals surface area contributed by atoms with E-state index in [0.717, 1.165) is 23.2 Å². The maximum Gasteiger partial charge on any atom is 0.342 e. The van der Waals surface area contributed by atoms with E-state index < -0.39 is 5.97 Å². The number of aromatic nitrogens is 2. The summed E-state index contributed by atoms with van der Waals surface area (Å²) < 4.78 is 6.96. The number of carbonyl (C=O) groups is 2. The van der Waals surface area contributed by atoms with Crippen LogP contribution in [-0.2, 0) is 9.53 Å². The fourth-order valence-electron chi connectivity index (χ4n) is 2.87. The smallest absolute Gasteiger partial charge is 0.342 e. The van der Waals surface area contributed by atoms with Crippen molar-refractivity contribution in [2.75, 3.05) is 6.61 Å². The fourth-order valence-corrected chi connectivity index (χ4v) is 2.87. The van der Waals surface area contributed by atoms with Crippen LogP contribution in [0.15, 0.2) is 60.8 Å². The van der Waals surface area contributed by atoms with Crippen molar-refractivity contribution in [1.82, 2.24) is 15.1 Å². The number of hydrogen-bond acceptors (Lipinski definition) is 4. The lowest BCUT2D eigenvalue weighted by atomic mass is 10.0. The van der Waals surface area contributed by atoms with Gasteiger partial charge in [-0.05, 0) is 39.3 Å². The molecule has 2 aromatic carbocycles. The number of nitrogens with zero attached hydrogens (tertiary/aromatic N) is 2. The number of ether oxygens (including phenoxy) is 1. The van der Waals surface area contributed by atoms with Crippen molar-refractivity contribution in [2.24, 2.45) is 0 Å². The minimum absolute atomic E-state index is 0.310. The second kappa shape index (κ2) is 8.95. The van der Waals surface area contributed by atoms with Crippen LogP contribution in [0.1, 0.15) is 43.1 Å². The fraction of sp³-hybridized carbons (Fsp3) is 0.292. The molecule has 0 bridgehead atoms. The molecule has 0 unspecified atom stereocenters. The number of aryl methyl sites for hydroxylation is 1. The van der Waals surface area contributed by atoms with Gasteiger partial charge in [-0.1, -0.05) is 55.0 Å². The quantitative estimate of drug-likeness (QED) is 0.595. The predicted molar refractivity (Wildman–Crippen MR) is 117 cm³/mol. The van der Waals surface area contributed by atoms with Gasteiger partial charge in [-0.15, -0.1) is 0 Å². The first-order chi connectivity index (χ1) is 14.3. The van der Waals surface area contributed by atoms with Gasteiger partial charge in [0.1, 0.15) is 11.3 Å². The highest BCUT2D eigenvalue weighted by molar-refractivity contribution is 5.97. The van der Waals surface area contributed by atoms with Gasteiger partial charge >= 0.3 is 5.97 Å². The summed E-state index contributed by atoms with van der Waals surface area (Å²) in [6.07, 6.45) is 2.41. The molecule has 0 radical (unpaired) electrons. The van der Waals surface area contributed by atoms with E-state index in [2.05, 4.69) is 10.4 Å². The summed E-state index contributed by atoms with van der Waals surface area (Å²) in [6.45, 7) is 7.50. The third-order valence-electron chi connectivity index (χ3n) is 4.98. The van der Waals surface area contributed by atoms with Gasteiger partial charge in [0, 0.05) is 17.3 Å². The number of carbonyl (C=O) groups excluding carboxylic acids is 2. The number of nitrogens with one attached hydrogen (secondary N) is 1. The monoisotopic (exact) mass is 405 g/mol. The SMILES string of the molecule is CCC(C)(C)NC(=O)COC(=O)c1cn(-c2ccc(C)cc2)nc1-c1ccccc1. The van der Waals surface area contributed by atoms with Crippen molar-refractivity contribution in [2.45, 2.75) is 39.7 Å². The third kappa shape index (κ3) is 5.14. The average molecular weight is 405 g/mol. The van der Waals surface area contributed by atoms with E-state index in [1.807, 2.05) is 82.3 Å². The molecule has 1 aromatic heterocycles. The Morgan fingerprint density at radius 1 is 1.07 bits per heavy atom. The number of benzene rings is 2. The Hall–Kier alpha value is -3.41. The zero-order valence-corrected chi connectivity index (χ0v) is 17.8. The summed E-state index contributed by atoms with van der Waals surface area (Å²) in [6, 6.07) is 17.3. The van der Waals surface area contributed by atoms with E-state index in [1.54, 1.807) is 10.9 Å². The van der Waals surface area contributed by atoms with E-state index in [9.17, 15) is 9.59 Å². The van der Waals surface area contributed by atoms with Crippen LogP contribution in [0.3, 0.4) is 0 Å². The highest BCUT2D eigenvalue weighted by Crippen LogP contribution is 2.24. The lowest BCUT2D eigenvalue weighted by Gasteiger charge is -2.24. The van der Waals surface area contributed by atoms with Gasteiger partial charge in [-0.2, -0.15) is 5.10 Å². The molecule has 1 amide bonds. The van der Waals surface area contributed by atoms with E-state index >= 15 is 0 Å². The van der Waals surface area contributed by atoms with Crippen LogP contribution in [0, 0.1) is 6.92 Å². The minimum Gasteiger partial charge on any atom is -0.452 e. The molecule has 0 aliphatic carbocycles. The molecule has 0 aliphatic rings. The first-order valence-corrected chi connectivity index (χ1v) is 9.99. The summed E-state index contributed by atoms with van der Waals surface area (Å²) in [7, 11) is 0. The largest absolute Gasteiger partial charge is 0.452 e. The summed E-state index contributed by atoms with van der Waals surface area (Å²) >= 11 is 0. The predicted octanol–water partition coefficient (Wildman–Crippen LogP) is 4.31. The molecular weight excluding hydrogens is 378 g/mol. The normalized spacial score (nSPS) is 11.2. The summed E-state index contributed by atoms with van der Waals surface area (Å²) in [4.78, 5) is 25.0. The van der Waals surface area contributed by atoms with Crippen LogP contribution < -0.4 is 5.32 Å². The van der Waals surface area contributed by atoms with Gasteiger partial charge in [0.2, 0.25) is 0 Å². The van der Waals surface area contributed by atoms with Crippen LogP contribution in [0.4, 0.5) is 0 Å². The van der Waals surface area contributed by atoms with Gasteiger partial charge in [-0.25, -0.2) is 9.48 Å². The van der Waals surface area contributed by atoms with Crippen molar-refractivity contribution >= 4 is 11.9 Å². The zero-order valence-electron chi connectivity index (χ0n) is 17.8. The number of hydrogen-bond donors (Lipinski definition) is 1. The van der Waals surface area contributed by atoms with Crippen molar-refractivity contribution in [3.63, 3.8) is 0 Å². The second-order valence-corrected chi connectivity index (χ2v) is 7.90. The molecule has 3 rings (SSSR count). The average Bonchev–Trinajstić information content (AvgIpc) is 3.18. The Labute approximate surface area is 176 Å². The molecule has 30 heavy (non-hydrogen) atoms. The Kier molecular flexibility index (Phi) is 6.35. The van der Waals surface area contributed by atoms with E-state index in [-0.39, 0.29) is 18.1 Å². The van der Waals surface area contributed by atoms with Crippen LogP contribution in [0.5, 0.6) is 0 Å². The Morgan fingerprint density at radius 2 is 1.73 bits per heavy atom. The number of amides is 1. The van der Waals surface area contributed by atoms with Crippen LogP contribution in [-0.4, -0.2) is 33.8 Å². The molecule has 0 saturated carbocycles. The first kappa shape index (κ1) is 21.3. The molecule has 0 saturated heterocycles. The van der Waals surface area contributed by atoms with E-state index in [1.165, 1.54) is 0 Å². The molecule has 156 valence electrons. The molecule has 1 heterocycles. The Balaban J connectivity index is 1.86. The molecule has 6 heteroatoms. The van der Waals surface area contributed by atoms with Crippen molar-refractivity contribution in [3.05, 3.63) is 71.9 Å². The lowest BCUT2D eigenvalue weighted by Crippen LogP contribution is -2.44. The van der Waals surface area contributed by atoms with E-state index in [0.29, 0.717) is 11.3 Å². The van der Waals surface area contributed by atoms with Crippen LogP contribution in [0.25, 0.3) is 16.9 Å². The highest BCUT2D eigenvalue weighted by Gasteiger charge is 2.22. The summed E-state index contributed by atoms with van der Waals surface area (Å²) in [5.74, 6) is -0.918. The second-order valence-electron chi connectivity index (χ2n) is 7.90. The molecule has 0 atom stereocenters. The van der Waals surface area contributed by atoms with Gasteiger partial charge in [0.25, 0.3) is 5.91 Å². The van der Waals surface area contributed by atoms with Crippen molar-refractivity contribution in [3.8, 4) is 16.9 Å². The Bertz CT molecular complexity index is 1020. The molecule has 6 nitrogen and oxygen atoms in total. The van der Waals surface area contributed by atoms with Crippen LogP contribution in [0.2, 0.25) is 0 Å². The molecule has 1 N–H and O–H groups in total. The summed E-state index contributed by atoms with van der Waals surface area (Å²) in [5, 5.41) is 7.47. The molecular formula is C24H27N3O3. The van der Waals surface area contributed by atoms with Crippen LogP contribution >= 0.6 is 0 Å². The first-order valence-electron chi connectivity index (χ1n) is 9.99. The Morgan fingerprint density at radius 3 is 2.37 bits per heavy atom. The highest BCUT2D eigenvalue weighted by atomic mass is 16.5. The molecule has 0 spiro atoms. The third-order valence-corrected chi connectivity index (χ3v) is 4.98. The maximum atomic E-state index is 12.8. The van der Waals surface area contributed by atoms with Gasteiger partial charge < -0.3 is 10.1 Å². The molecule has 3 aromatic rings. The van der Waals surface area contributed by atoms with Gasteiger partial charge in [-0.3, -0.25) is 4.79 Å². The topological polar surface area (TPSA) is 73.2 Å². The summed E-state index contributed by atoms with van der Waals surface area (Å²) in [5.41, 5.74) is 3.23. The van der Waals surface area contributed by atoms with E-state index in [4.69, 9.17) is 4.74 Å². The standard InChI is InChI=1S/C24H27N3O3/c1-5-24(3,4)25-21(28)16-30-23(29)20-15-27(19-13-11-17(2)12-14-19)26-22(20)18-9-7-6-8-10-18/h6-15H,5,16H2,1-4H3,(H,25,28). The number of rotatable bonds is 7. The van der Waals surface area contributed by atoms with Gasteiger partial charge in [0.05, 0.1) is 5.69 Å². The zero-order chi connectivity index (χ0) is 21.7.